The van der Waals surface area contributed by atoms with Gasteiger partial charge in [-0.1, -0.05) is 30.4 Å². The number of H-pyrrole nitrogens is 1. The maximum atomic E-state index is 12.8. The molecule has 138 valence electrons. The van der Waals surface area contributed by atoms with Gasteiger partial charge in [-0.3, -0.25) is 0 Å². The van der Waals surface area contributed by atoms with E-state index >= 15 is 0 Å². The highest BCUT2D eigenvalue weighted by molar-refractivity contribution is 5.86. The standard InChI is InChI=1S/C20H11F3N4O/c21-20(22,23)15-3-1-2-12(9-15)4-5-13-6-7-17-14(8-13)10-18(28-17)19-16(11-24)25-27-26-19/h1-10H,(H,25,26,27)/b5-4+. The minimum absolute atomic E-state index is 0.128. The molecule has 2 aromatic carbocycles. The lowest BCUT2D eigenvalue weighted by atomic mass is 10.1. The Morgan fingerprint density at radius 3 is 2.54 bits per heavy atom. The van der Waals surface area contributed by atoms with Crippen LogP contribution in [0.5, 0.6) is 0 Å². The van der Waals surface area contributed by atoms with E-state index in [0.717, 1.165) is 23.1 Å². The minimum Gasteiger partial charge on any atom is -0.454 e. The molecule has 28 heavy (non-hydrogen) atoms. The highest BCUT2D eigenvalue weighted by Crippen LogP contribution is 2.31. The molecule has 4 rings (SSSR count). The molecule has 0 radical (unpaired) electrons. The van der Waals surface area contributed by atoms with Gasteiger partial charge in [0.05, 0.1) is 5.56 Å². The molecule has 0 bridgehead atoms. The third-order valence-electron chi connectivity index (χ3n) is 4.11. The van der Waals surface area contributed by atoms with Crippen molar-refractivity contribution in [2.75, 3.05) is 0 Å². The number of hydrogen-bond donors (Lipinski definition) is 1. The van der Waals surface area contributed by atoms with Crippen molar-refractivity contribution in [1.82, 2.24) is 15.4 Å². The van der Waals surface area contributed by atoms with E-state index in [4.69, 9.17) is 9.68 Å². The van der Waals surface area contributed by atoms with Gasteiger partial charge in [-0.05, 0) is 41.5 Å². The molecule has 2 aromatic heterocycles. The van der Waals surface area contributed by atoms with Gasteiger partial charge in [0, 0.05) is 5.39 Å². The average molecular weight is 380 g/mol. The van der Waals surface area contributed by atoms with E-state index in [1.54, 1.807) is 36.4 Å². The Kier molecular flexibility index (Phi) is 4.20. The van der Waals surface area contributed by atoms with Crippen LogP contribution in [0.3, 0.4) is 0 Å². The lowest BCUT2D eigenvalue weighted by Crippen LogP contribution is -2.04. The Hall–Kier alpha value is -3.86. The number of nitriles is 1. The highest BCUT2D eigenvalue weighted by Gasteiger charge is 2.30. The Bertz CT molecular complexity index is 1230. The molecule has 4 aromatic rings. The number of aromatic nitrogens is 3. The summed E-state index contributed by atoms with van der Waals surface area (Å²) in [6, 6.07) is 14.1. The third-order valence-corrected chi connectivity index (χ3v) is 4.11. The zero-order chi connectivity index (χ0) is 19.7. The van der Waals surface area contributed by atoms with Crippen LogP contribution in [-0.2, 0) is 6.18 Å². The van der Waals surface area contributed by atoms with Gasteiger partial charge in [0.25, 0.3) is 0 Å². The first kappa shape index (κ1) is 17.5. The second-order valence-corrected chi connectivity index (χ2v) is 6.00. The summed E-state index contributed by atoms with van der Waals surface area (Å²) in [6.07, 6.45) is -1.04. The Balaban J connectivity index is 1.64. The van der Waals surface area contributed by atoms with Crippen LogP contribution in [0.4, 0.5) is 13.2 Å². The van der Waals surface area contributed by atoms with Gasteiger partial charge in [0.15, 0.2) is 17.1 Å². The van der Waals surface area contributed by atoms with Gasteiger partial charge in [-0.25, -0.2) is 0 Å². The van der Waals surface area contributed by atoms with Crippen molar-refractivity contribution in [2.24, 2.45) is 0 Å². The summed E-state index contributed by atoms with van der Waals surface area (Å²) in [5.41, 5.74) is 1.59. The van der Waals surface area contributed by atoms with Crippen molar-refractivity contribution >= 4 is 23.1 Å². The number of fused-ring (bicyclic) bond motifs is 1. The van der Waals surface area contributed by atoms with Crippen molar-refractivity contribution in [3.63, 3.8) is 0 Å². The van der Waals surface area contributed by atoms with Crippen LogP contribution in [0.15, 0.2) is 52.9 Å². The SMILES string of the molecule is N#Cc1n[nH]nc1-c1cc2cc(/C=C/c3cccc(C(F)(F)F)c3)ccc2o1. The minimum atomic E-state index is -4.38. The highest BCUT2D eigenvalue weighted by atomic mass is 19.4. The number of alkyl halides is 3. The lowest BCUT2D eigenvalue weighted by Gasteiger charge is -2.06. The molecule has 0 aliphatic carbocycles. The molecule has 0 saturated heterocycles. The van der Waals surface area contributed by atoms with Gasteiger partial charge >= 0.3 is 6.18 Å². The van der Waals surface area contributed by atoms with E-state index in [1.807, 2.05) is 12.1 Å². The molecule has 0 aliphatic rings. The summed E-state index contributed by atoms with van der Waals surface area (Å²) in [5, 5.41) is 19.9. The smallest absolute Gasteiger partial charge is 0.416 e. The van der Waals surface area contributed by atoms with Crippen molar-refractivity contribution in [2.45, 2.75) is 6.18 Å². The first-order valence-corrected chi connectivity index (χ1v) is 8.14. The van der Waals surface area contributed by atoms with E-state index in [9.17, 15) is 13.2 Å². The largest absolute Gasteiger partial charge is 0.454 e. The summed E-state index contributed by atoms with van der Waals surface area (Å²) >= 11 is 0. The number of furan rings is 1. The van der Waals surface area contributed by atoms with E-state index in [-0.39, 0.29) is 5.69 Å². The number of nitrogens with zero attached hydrogens (tertiary/aromatic N) is 3. The lowest BCUT2D eigenvalue weighted by molar-refractivity contribution is -0.137. The third kappa shape index (κ3) is 3.38. The Morgan fingerprint density at radius 2 is 1.79 bits per heavy atom. The van der Waals surface area contributed by atoms with E-state index < -0.39 is 11.7 Å². The van der Waals surface area contributed by atoms with E-state index in [1.165, 1.54) is 6.07 Å². The predicted octanol–water partition coefficient (Wildman–Crippen LogP) is 5.28. The second-order valence-electron chi connectivity index (χ2n) is 6.00. The predicted molar refractivity (Wildman–Crippen MR) is 96.7 cm³/mol. The number of rotatable bonds is 3. The monoisotopic (exact) mass is 380 g/mol. The topological polar surface area (TPSA) is 78.5 Å². The average Bonchev–Trinajstić information content (AvgIpc) is 3.31. The molecular weight excluding hydrogens is 369 g/mol. The maximum Gasteiger partial charge on any atom is 0.416 e. The fourth-order valence-electron chi connectivity index (χ4n) is 2.77. The molecule has 0 saturated carbocycles. The number of halogens is 3. The van der Waals surface area contributed by atoms with E-state index in [2.05, 4.69) is 15.4 Å². The molecule has 2 heterocycles. The molecule has 0 aliphatic heterocycles. The maximum absolute atomic E-state index is 12.8. The van der Waals surface area contributed by atoms with Crippen LogP contribution in [0, 0.1) is 11.3 Å². The molecule has 0 fully saturated rings. The Morgan fingerprint density at radius 1 is 1.00 bits per heavy atom. The molecule has 8 heteroatoms. The zero-order valence-corrected chi connectivity index (χ0v) is 14.2. The number of hydrogen-bond acceptors (Lipinski definition) is 4. The van der Waals surface area contributed by atoms with Crippen LogP contribution in [0.1, 0.15) is 22.4 Å². The fourth-order valence-corrected chi connectivity index (χ4v) is 2.77. The molecular formula is C20H11F3N4O. The van der Waals surface area contributed by atoms with Crippen molar-refractivity contribution in [1.29, 1.82) is 5.26 Å². The van der Waals surface area contributed by atoms with E-state index in [0.29, 0.717) is 22.6 Å². The van der Waals surface area contributed by atoms with Gasteiger partial charge < -0.3 is 4.42 Å². The normalized spacial score (nSPS) is 11.9. The summed E-state index contributed by atoms with van der Waals surface area (Å²) in [4.78, 5) is 0. The number of aromatic amines is 1. The van der Waals surface area contributed by atoms with Gasteiger partial charge in [-0.15, -0.1) is 5.10 Å². The molecule has 0 atom stereocenters. The number of benzene rings is 2. The van der Waals surface area contributed by atoms with Gasteiger partial charge in [0.1, 0.15) is 11.7 Å². The summed E-state index contributed by atoms with van der Waals surface area (Å²) in [5.74, 6) is 0.402. The first-order valence-electron chi connectivity index (χ1n) is 8.14. The van der Waals surface area contributed by atoms with Crippen LogP contribution in [-0.4, -0.2) is 15.4 Å². The van der Waals surface area contributed by atoms with Crippen molar-refractivity contribution in [3.8, 4) is 17.5 Å². The summed E-state index contributed by atoms with van der Waals surface area (Å²) < 4.78 is 44.1. The zero-order valence-electron chi connectivity index (χ0n) is 14.2. The summed E-state index contributed by atoms with van der Waals surface area (Å²) in [7, 11) is 0. The quantitative estimate of drug-likeness (QED) is 0.491. The van der Waals surface area contributed by atoms with Crippen molar-refractivity contribution < 1.29 is 17.6 Å². The van der Waals surface area contributed by atoms with Crippen LogP contribution < -0.4 is 0 Å². The van der Waals surface area contributed by atoms with Gasteiger partial charge in [0.2, 0.25) is 0 Å². The van der Waals surface area contributed by atoms with Crippen LogP contribution >= 0.6 is 0 Å². The van der Waals surface area contributed by atoms with Crippen molar-refractivity contribution in [3.05, 3.63) is 70.9 Å². The molecule has 1 N–H and O–H groups in total. The fraction of sp³-hybridized carbons (Fsp3) is 0.0500. The second kappa shape index (κ2) is 6.70. The molecule has 0 unspecified atom stereocenters. The molecule has 0 spiro atoms. The Labute approximate surface area is 156 Å². The van der Waals surface area contributed by atoms with Gasteiger partial charge in [-0.2, -0.15) is 28.7 Å². The first-order chi connectivity index (χ1) is 13.4. The number of nitrogens with one attached hydrogen (secondary N) is 1. The molecule has 5 nitrogen and oxygen atoms in total. The van der Waals surface area contributed by atoms with Crippen LogP contribution in [0.2, 0.25) is 0 Å². The summed E-state index contributed by atoms with van der Waals surface area (Å²) in [6.45, 7) is 0. The van der Waals surface area contributed by atoms with Crippen LogP contribution in [0.25, 0.3) is 34.6 Å². The molecule has 0 amide bonds.